The summed E-state index contributed by atoms with van der Waals surface area (Å²) in [6, 6.07) is 15.5. The molecule has 0 atom stereocenters. The molecule has 0 aliphatic carbocycles. The molecule has 2 aromatic carbocycles. The molecule has 0 aliphatic heterocycles. The molecule has 0 amide bonds. The van der Waals surface area contributed by atoms with Gasteiger partial charge in [0.2, 0.25) is 0 Å². The van der Waals surface area contributed by atoms with Crippen LogP contribution in [-0.4, -0.2) is 49.7 Å². The first-order chi connectivity index (χ1) is 13.3. The number of anilines is 2. The van der Waals surface area contributed by atoms with Gasteiger partial charge in [-0.25, -0.2) is 0 Å². The molecule has 6 nitrogen and oxygen atoms in total. The fourth-order valence-electron chi connectivity index (χ4n) is 2.50. The molecule has 0 aliphatic rings. The summed E-state index contributed by atoms with van der Waals surface area (Å²) in [5.74, 6) is 1.71. The molecule has 0 aromatic heterocycles. The third kappa shape index (κ3) is 8.66. The van der Waals surface area contributed by atoms with E-state index >= 15 is 0 Å². The third-order valence-corrected chi connectivity index (χ3v) is 3.92. The summed E-state index contributed by atoms with van der Waals surface area (Å²) in [5, 5.41) is 23.8. The summed E-state index contributed by atoms with van der Waals surface area (Å²) >= 11 is 0. The first kappa shape index (κ1) is 20.9. The molecule has 0 spiro atoms. The highest BCUT2D eigenvalue weighted by atomic mass is 16.5. The Hall–Kier alpha value is -2.44. The third-order valence-electron chi connectivity index (χ3n) is 3.92. The lowest BCUT2D eigenvalue weighted by molar-refractivity contribution is 0.279. The lowest BCUT2D eigenvalue weighted by Crippen LogP contribution is -2.05. The first-order valence-corrected chi connectivity index (χ1v) is 9.47. The number of benzene rings is 2. The fourth-order valence-corrected chi connectivity index (χ4v) is 2.50. The number of ether oxygens (including phenoxy) is 2. The van der Waals surface area contributed by atoms with Crippen molar-refractivity contribution in [1.29, 1.82) is 0 Å². The number of aliphatic hydroxyl groups is 2. The number of unbranched alkanes of at least 4 members (excludes halogenated alkanes) is 2. The van der Waals surface area contributed by atoms with Crippen molar-refractivity contribution >= 4 is 11.4 Å². The van der Waals surface area contributed by atoms with Gasteiger partial charge in [-0.3, -0.25) is 0 Å². The van der Waals surface area contributed by atoms with Crippen molar-refractivity contribution in [2.45, 2.75) is 19.3 Å². The number of rotatable bonds is 14. The van der Waals surface area contributed by atoms with Crippen molar-refractivity contribution in [2.75, 3.05) is 50.2 Å². The Labute approximate surface area is 161 Å². The number of hydrogen-bond donors (Lipinski definition) is 4. The molecule has 148 valence electrons. The average Bonchev–Trinajstić information content (AvgIpc) is 2.71. The Bertz CT molecular complexity index is 562. The van der Waals surface area contributed by atoms with Crippen LogP contribution in [0.1, 0.15) is 19.3 Å². The van der Waals surface area contributed by atoms with Crippen LogP contribution in [0.3, 0.4) is 0 Å². The van der Waals surface area contributed by atoms with Gasteiger partial charge in [-0.05, 0) is 67.8 Å². The van der Waals surface area contributed by atoms with Crippen molar-refractivity contribution < 1.29 is 19.7 Å². The van der Waals surface area contributed by atoms with E-state index in [0.717, 1.165) is 42.1 Å². The predicted molar refractivity (Wildman–Crippen MR) is 109 cm³/mol. The van der Waals surface area contributed by atoms with E-state index in [0.29, 0.717) is 26.3 Å². The van der Waals surface area contributed by atoms with Gasteiger partial charge in [0.1, 0.15) is 11.5 Å². The zero-order chi connectivity index (χ0) is 19.2. The summed E-state index contributed by atoms with van der Waals surface area (Å²) in [6.07, 6.45) is 3.02. The highest BCUT2D eigenvalue weighted by molar-refractivity contribution is 5.46. The molecule has 2 aromatic rings. The molecule has 6 heteroatoms. The fraction of sp³-hybridized carbons (Fsp3) is 0.429. The second kappa shape index (κ2) is 12.8. The number of aliphatic hydroxyl groups excluding tert-OH is 2. The van der Waals surface area contributed by atoms with Crippen LogP contribution >= 0.6 is 0 Å². The molecule has 0 fully saturated rings. The normalized spacial score (nSPS) is 10.4. The molecular formula is C21H30N2O4. The van der Waals surface area contributed by atoms with Crippen LogP contribution in [0.25, 0.3) is 0 Å². The lowest BCUT2D eigenvalue weighted by Gasteiger charge is -2.09. The minimum atomic E-state index is 0.120. The summed E-state index contributed by atoms with van der Waals surface area (Å²) in [7, 11) is 0. The highest BCUT2D eigenvalue weighted by Gasteiger charge is 1.98. The van der Waals surface area contributed by atoms with E-state index < -0.39 is 0 Å². The summed E-state index contributed by atoms with van der Waals surface area (Å²) < 4.78 is 11.5. The van der Waals surface area contributed by atoms with Gasteiger partial charge in [-0.2, -0.15) is 0 Å². The Morgan fingerprint density at radius 3 is 1.37 bits per heavy atom. The SMILES string of the molecule is OCCNc1ccc(OCCCCCOc2ccc(NCCO)cc2)cc1. The second-order valence-electron chi connectivity index (χ2n) is 6.11. The Balaban J connectivity index is 1.52. The second-order valence-corrected chi connectivity index (χ2v) is 6.11. The van der Waals surface area contributed by atoms with E-state index in [1.54, 1.807) is 0 Å². The van der Waals surface area contributed by atoms with Gasteiger partial charge >= 0.3 is 0 Å². The molecular weight excluding hydrogens is 344 g/mol. The van der Waals surface area contributed by atoms with Crippen LogP contribution in [0.4, 0.5) is 11.4 Å². The molecule has 0 saturated heterocycles. The average molecular weight is 374 g/mol. The Morgan fingerprint density at radius 2 is 1.00 bits per heavy atom. The maximum absolute atomic E-state index is 8.78. The maximum atomic E-state index is 8.78. The van der Waals surface area contributed by atoms with Crippen LogP contribution in [0, 0.1) is 0 Å². The molecule has 0 heterocycles. The van der Waals surface area contributed by atoms with E-state index in [-0.39, 0.29) is 13.2 Å². The van der Waals surface area contributed by atoms with E-state index in [1.165, 1.54) is 0 Å². The van der Waals surface area contributed by atoms with E-state index in [9.17, 15) is 0 Å². The van der Waals surface area contributed by atoms with Crippen molar-refractivity contribution in [3.05, 3.63) is 48.5 Å². The van der Waals surface area contributed by atoms with Crippen molar-refractivity contribution in [1.82, 2.24) is 0 Å². The highest BCUT2D eigenvalue weighted by Crippen LogP contribution is 2.17. The van der Waals surface area contributed by atoms with E-state index in [2.05, 4.69) is 10.6 Å². The summed E-state index contributed by atoms with van der Waals surface area (Å²) in [5.41, 5.74) is 1.96. The van der Waals surface area contributed by atoms with Crippen LogP contribution < -0.4 is 20.1 Å². The molecule has 0 unspecified atom stereocenters. The summed E-state index contributed by atoms with van der Waals surface area (Å²) in [4.78, 5) is 0. The molecule has 2 rings (SSSR count). The predicted octanol–water partition coefficient (Wildman–Crippen LogP) is 3.12. The van der Waals surface area contributed by atoms with E-state index in [4.69, 9.17) is 19.7 Å². The topological polar surface area (TPSA) is 83.0 Å². The van der Waals surface area contributed by atoms with Crippen LogP contribution in [0.5, 0.6) is 11.5 Å². The molecule has 0 radical (unpaired) electrons. The van der Waals surface area contributed by atoms with Crippen LogP contribution in [0.15, 0.2) is 48.5 Å². The Morgan fingerprint density at radius 1 is 0.593 bits per heavy atom. The first-order valence-electron chi connectivity index (χ1n) is 9.47. The Kier molecular flexibility index (Phi) is 9.92. The monoisotopic (exact) mass is 374 g/mol. The van der Waals surface area contributed by atoms with E-state index in [1.807, 2.05) is 48.5 Å². The van der Waals surface area contributed by atoms with Gasteiger partial charge in [0.05, 0.1) is 26.4 Å². The standard InChI is InChI=1S/C21H30N2O4/c24-14-12-22-18-4-8-20(9-5-18)26-16-2-1-3-17-27-21-10-6-19(7-11-21)23-13-15-25/h4-11,22-25H,1-3,12-17H2. The van der Waals surface area contributed by atoms with Crippen molar-refractivity contribution in [3.8, 4) is 11.5 Å². The zero-order valence-corrected chi connectivity index (χ0v) is 15.7. The van der Waals surface area contributed by atoms with Gasteiger partial charge in [0.25, 0.3) is 0 Å². The lowest BCUT2D eigenvalue weighted by atomic mass is 10.2. The number of hydrogen-bond acceptors (Lipinski definition) is 6. The summed E-state index contributed by atoms with van der Waals surface area (Å²) in [6.45, 7) is 2.72. The van der Waals surface area contributed by atoms with Crippen molar-refractivity contribution in [2.24, 2.45) is 0 Å². The van der Waals surface area contributed by atoms with Gasteiger partial charge in [-0.15, -0.1) is 0 Å². The minimum absolute atomic E-state index is 0.120. The molecule has 4 N–H and O–H groups in total. The molecule has 0 saturated carbocycles. The van der Waals surface area contributed by atoms with Gasteiger partial charge in [0, 0.05) is 24.5 Å². The quantitative estimate of drug-likeness (QED) is 0.380. The molecule has 0 bridgehead atoms. The van der Waals surface area contributed by atoms with Gasteiger partial charge in [-0.1, -0.05) is 0 Å². The number of nitrogens with one attached hydrogen (secondary N) is 2. The maximum Gasteiger partial charge on any atom is 0.119 e. The van der Waals surface area contributed by atoms with Gasteiger partial charge < -0.3 is 30.3 Å². The van der Waals surface area contributed by atoms with Crippen LogP contribution in [0.2, 0.25) is 0 Å². The zero-order valence-electron chi connectivity index (χ0n) is 15.7. The van der Waals surface area contributed by atoms with Gasteiger partial charge in [0.15, 0.2) is 0 Å². The van der Waals surface area contributed by atoms with Crippen molar-refractivity contribution in [3.63, 3.8) is 0 Å². The smallest absolute Gasteiger partial charge is 0.119 e. The minimum Gasteiger partial charge on any atom is -0.494 e. The van der Waals surface area contributed by atoms with Crippen LogP contribution in [-0.2, 0) is 0 Å². The largest absolute Gasteiger partial charge is 0.494 e. The molecule has 27 heavy (non-hydrogen) atoms.